The highest BCUT2D eigenvalue weighted by Gasteiger charge is 2.08. The highest BCUT2D eigenvalue weighted by molar-refractivity contribution is 6.30. The molecule has 2 N–H and O–H groups in total. The van der Waals surface area contributed by atoms with Gasteiger partial charge < -0.3 is 5.32 Å². The number of nitrogens with zero attached hydrogens (tertiary/aromatic N) is 3. The molecule has 2 heterocycles. The molecular formula is C11H14ClN5. The number of aromatic nitrogens is 4. The Morgan fingerprint density at radius 3 is 2.88 bits per heavy atom. The third kappa shape index (κ3) is 2.74. The van der Waals surface area contributed by atoms with E-state index in [-0.39, 0.29) is 0 Å². The first-order chi connectivity index (χ1) is 8.20. The van der Waals surface area contributed by atoms with E-state index in [0.29, 0.717) is 11.7 Å². The predicted octanol–water partition coefficient (Wildman–Crippen LogP) is 2.34. The second-order valence-electron chi connectivity index (χ2n) is 3.69. The lowest BCUT2D eigenvalue weighted by Gasteiger charge is -2.09. The summed E-state index contributed by atoms with van der Waals surface area (Å²) in [7, 11) is 0. The van der Waals surface area contributed by atoms with Crippen molar-refractivity contribution in [3.63, 3.8) is 0 Å². The third-order valence-corrected chi connectivity index (χ3v) is 2.82. The van der Waals surface area contributed by atoms with Crippen LogP contribution < -0.4 is 5.32 Å². The summed E-state index contributed by atoms with van der Waals surface area (Å²) >= 11 is 6.05. The molecular weight excluding hydrogens is 238 g/mol. The Morgan fingerprint density at radius 1 is 1.41 bits per heavy atom. The fourth-order valence-corrected chi connectivity index (χ4v) is 1.61. The van der Waals surface area contributed by atoms with Gasteiger partial charge in [-0.3, -0.25) is 5.10 Å². The zero-order chi connectivity index (χ0) is 12.3. The minimum Gasteiger partial charge on any atom is -0.364 e. The van der Waals surface area contributed by atoms with Crippen molar-refractivity contribution in [2.75, 3.05) is 5.32 Å². The van der Waals surface area contributed by atoms with Crippen LogP contribution in [0, 0.1) is 6.92 Å². The lowest BCUT2D eigenvalue weighted by Crippen LogP contribution is -2.07. The van der Waals surface area contributed by atoms with Crippen LogP contribution in [0.3, 0.4) is 0 Å². The van der Waals surface area contributed by atoms with Gasteiger partial charge in [-0.1, -0.05) is 18.5 Å². The number of aromatic amines is 1. The van der Waals surface area contributed by atoms with E-state index in [9.17, 15) is 0 Å². The summed E-state index contributed by atoms with van der Waals surface area (Å²) in [5.41, 5.74) is 1.86. The van der Waals surface area contributed by atoms with Gasteiger partial charge in [0.25, 0.3) is 0 Å². The summed E-state index contributed by atoms with van der Waals surface area (Å²) in [5.74, 6) is 1.52. The van der Waals surface area contributed by atoms with E-state index < -0.39 is 0 Å². The standard InChI is InChI=1S/C11H14ClN5/c1-3-9-15-10(12)7(2)11(16-9)13-6-8-4-5-14-17-8/h4-5H,3,6H2,1-2H3,(H,14,17)(H,13,15,16). The molecule has 2 aromatic heterocycles. The molecule has 0 bridgehead atoms. The van der Waals surface area contributed by atoms with Gasteiger partial charge in [0.1, 0.15) is 16.8 Å². The van der Waals surface area contributed by atoms with Crippen LogP contribution in [-0.4, -0.2) is 20.2 Å². The normalized spacial score (nSPS) is 10.5. The van der Waals surface area contributed by atoms with Crippen molar-refractivity contribution in [2.24, 2.45) is 0 Å². The summed E-state index contributed by atoms with van der Waals surface area (Å²) in [6, 6.07) is 1.91. The van der Waals surface area contributed by atoms with Crippen LogP contribution in [0.1, 0.15) is 24.0 Å². The quantitative estimate of drug-likeness (QED) is 0.819. The van der Waals surface area contributed by atoms with E-state index in [1.807, 2.05) is 19.9 Å². The van der Waals surface area contributed by atoms with Gasteiger partial charge in [-0.2, -0.15) is 5.10 Å². The van der Waals surface area contributed by atoms with Crippen molar-refractivity contribution in [3.05, 3.63) is 34.5 Å². The maximum atomic E-state index is 6.05. The molecule has 0 fully saturated rings. The Morgan fingerprint density at radius 2 is 2.24 bits per heavy atom. The maximum absolute atomic E-state index is 6.05. The minimum atomic E-state index is 0.504. The molecule has 0 amide bonds. The van der Waals surface area contributed by atoms with Crippen LogP contribution in [0.2, 0.25) is 5.15 Å². The molecule has 0 aliphatic heterocycles. The Balaban J connectivity index is 2.17. The predicted molar refractivity (Wildman–Crippen MR) is 67.1 cm³/mol. The maximum Gasteiger partial charge on any atom is 0.137 e. The summed E-state index contributed by atoms with van der Waals surface area (Å²) in [5, 5.41) is 10.5. The molecule has 2 aromatic rings. The van der Waals surface area contributed by atoms with Gasteiger partial charge in [-0.15, -0.1) is 0 Å². The summed E-state index contributed by atoms with van der Waals surface area (Å²) in [4.78, 5) is 8.60. The lowest BCUT2D eigenvalue weighted by atomic mass is 10.3. The van der Waals surface area contributed by atoms with Crippen molar-refractivity contribution in [1.82, 2.24) is 20.2 Å². The van der Waals surface area contributed by atoms with E-state index in [1.165, 1.54) is 0 Å². The number of halogens is 1. The second-order valence-corrected chi connectivity index (χ2v) is 4.05. The van der Waals surface area contributed by atoms with E-state index in [2.05, 4.69) is 25.5 Å². The van der Waals surface area contributed by atoms with Gasteiger partial charge >= 0.3 is 0 Å². The molecule has 90 valence electrons. The average molecular weight is 252 g/mol. The smallest absolute Gasteiger partial charge is 0.137 e. The van der Waals surface area contributed by atoms with E-state index in [0.717, 1.165) is 29.3 Å². The molecule has 17 heavy (non-hydrogen) atoms. The molecule has 0 saturated carbocycles. The van der Waals surface area contributed by atoms with Gasteiger partial charge in [-0.25, -0.2) is 9.97 Å². The monoisotopic (exact) mass is 251 g/mol. The number of hydrogen-bond donors (Lipinski definition) is 2. The molecule has 0 spiro atoms. The summed E-state index contributed by atoms with van der Waals surface area (Å²) in [6.07, 6.45) is 2.48. The molecule has 0 aliphatic rings. The molecule has 0 aromatic carbocycles. The van der Waals surface area contributed by atoms with Crippen LogP contribution in [-0.2, 0) is 13.0 Å². The van der Waals surface area contributed by atoms with Crippen molar-refractivity contribution < 1.29 is 0 Å². The summed E-state index contributed by atoms with van der Waals surface area (Å²) in [6.45, 7) is 4.54. The SMILES string of the molecule is CCc1nc(Cl)c(C)c(NCc2ccn[nH]2)n1. The molecule has 2 rings (SSSR count). The molecule has 0 aliphatic carbocycles. The Labute approximate surface area is 105 Å². The largest absolute Gasteiger partial charge is 0.364 e. The fraction of sp³-hybridized carbons (Fsp3) is 0.364. The fourth-order valence-electron chi connectivity index (χ4n) is 1.43. The van der Waals surface area contributed by atoms with Crippen molar-refractivity contribution in [2.45, 2.75) is 26.8 Å². The van der Waals surface area contributed by atoms with Gasteiger partial charge in [0.05, 0.1) is 12.2 Å². The van der Waals surface area contributed by atoms with Crippen molar-refractivity contribution in [1.29, 1.82) is 0 Å². The molecule has 6 heteroatoms. The van der Waals surface area contributed by atoms with Gasteiger partial charge in [0.2, 0.25) is 0 Å². The highest BCUT2D eigenvalue weighted by atomic mass is 35.5. The first-order valence-electron chi connectivity index (χ1n) is 5.45. The van der Waals surface area contributed by atoms with E-state index in [4.69, 9.17) is 11.6 Å². The van der Waals surface area contributed by atoms with Crippen LogP contribution in [0.5, 0.6) is 0 Å². The van der Waals surface area contributed by atoms with Crippen LogP contribution >= 0.6 is 11.6 Å². The Hall–Kier alpha value is -1.62. The van der Waals surface area contributed by atoms with E-state index in [1.54, 1.807) is 6.20 Å². The lowest BCUT2D eigenvalue weighted by molar-refractivity contribution is 0.913. The highest BCUT2D eigenvalue weighted by Crippen LogP contribution is 2.20. The number of anilines is 1. The number of H-pyrrole nitrogens is 1. The van der Waals surface area contributed by atoms with Gasteiger partial charge in [-0.05, 0) is 13.0 Å². The zero-order valence-electron chi connectivity index (χ0n) is 9.79. The number of hydrogen-bond acceptors (Lipinski definition) is 4. The Bertz CT molecular complexity index is 495. The summed E-state index contributed by atoms with van der Waals surface area (Å²) < 4.78 is 0. The number of nitrogens with one attached hydrogen (secondary N) is 2. The zero-order valence-corrected chi connectivity index (χ0v) is 10.5. The van der Waals surface area contributed by atoms with Gasteiger partial charge in [0.15, 0.2) is 0 Å². The number of aryl methyl sites for hydroxylation is 1. The Kier molecular flexibility index (Phi) is 3.58. The first kappa shape index (κ1) is 11.9. The van der Waals surface area contributed by atoms with E-state index >= 15 is 0 Å². The van der Waals surface area contributed by atoms with Gasteiger partial charge in [0, 0.05) is 18.2 Å². The molecule has 0 unspecified atom stereocenters. The second kappa shape index (κ2) is 5.14. The number of rotatable bonds is 4. The molecule has 0 saturated heterocycles. The van der Waals surface area contributed by atoms with Crippen molar-refractivity contribution in [3.8, 4) is 0 Å². The average Bonchev–Trinajstić information content (AvgIpc) is 2.84. The van der Waals surface area contributed by atoms with Crippen LogP contribution in [0.4, 0.5) is 5.82 Å². The molecule has 5 nitrogen and oxygen atoms in total. The van der Waals surface area contributed by atoms with Crippen LogP contribution in [0.15, 0.2) is 12.3 Å². The topological polar surface area (TPSA) is 66.5 Å². The van der Waals surface area contributed by atoms with Crippen molar-refractivity contribution >= 4 is 17.4 Å². The molecule has 0 atom stereocenters. The molecule has 0 radical (unpaired) electrons. The first-order valence-corrected chi connectivity index (χ1v) is 5.83. The van der Waals surface area contributed by atoms with Crippen LogP contribution in [0.25, 0.3) is 0 Å². The minimum absolute atomic E-state index is 0.504. The third-order valence-electron chi connectivity index (χ3n) is 2.45.